The first-order valence-electron chi connectivity index (χ1n) is 8.40. The molecule has 1 N–H and O–H groups in total. The van der Waals surface area contributed by atoms with Gasteiger partial charge in [-0.25, -0.2) is 9.48 Å². The highest BCUT2D eigenvalue weighted by molar-refractivity contribution is 5.73. The smallest absolute Gasteiger partial charge is 0.408 e. The van der Waals surface area contributed by atoms with E-state index in [0.717, 1.165) is 29.7 Å². The summed E-state index contributed by atoms with van der Waals surface area (Å²) in [5, 5.41) is 12.1. The number of hydrogen-bond acceptors (Lipinski definition) is 5. The maximum absolute atomic E-state index is 11.6. The van der Waals surface area contributed by atoms with Crippen molar-refractivity contribution in [2.45, 2.75) is 38.3 Å². The summed E-state index contributed by atoms with van der Waals surface area (Å²) in [6.07, 6.45) is 6.69. The lowest BCUT2D eigenvalue weighted by Gasteiger charge is -2.22. The van der Waals surface area contributed by atoms with Gasteiger partial charge in [0.15, 0.2) is 5.58 Å². The Morgan fingerprint density at radius 3 is 3.12 bits per heavy atom. The second-order valence-electron chi connectivity index (χ2n) is 6.49. The van der Waals surface area contributed by atoms with Gasteiger partial charge in [0.05, 0.1) is 17.8 Å². The van der Waals surface area contributed by atoms with Gasteiger partial charge in [0, 0.05) is 25.7 Å². The van der Waals surface area contributed by atoms with Gasteiger partial charge in [-0.1, -0.05) is 17.7 Å². The Labute approximate surface area is 139 Å². The molecule has 1 aliphatic heterocycles. The first-order chi connectivity index (χ1) is 11.7. The predicted octanol–water partition coefficient (Wildman–Crippen LogP) is 1.46. The molecule has 4 rings (SSSR count). The van der Waals surface area contributed by atoms with Gasteiger partial charge in [0.25, 0.3) is 0 Å². The second kappa shape index (κ2) is 6.24. The molecular formula is C17H21N5O2. The molecule has 0 bridgehead atoms. The fraction of sp³-hybridized carbons (Fsp3) is 0.471. The lowest BCUT2D eigenvalue weighted by Crippen LogP contribution is -2.35. The largest absolute Gasteiger partial charge is 0.419 e. The molecule has 0 aliphatic carbocycles. The van der Waals surface area contributed by atoms with Crippen molar-refractivity contribution in [3.63, 3.8) is 0 Å². The van der Waals surface area contributed by atoms with Crippen molar-refractivity contribution in [1.82, 2.24) is 24.9 Å². The van der Waals surface area contributed by atoms with Crippen molar-refractivity contribution in [3.05, 3.63) is 46.2 Å². The number of nitrogens with zero attached hydrogens (tertiary/aromatic N) is 4. The number of nitrogens with one attached hydrogen (secondary N) is 1. The van der Waals surface area contributed by atoms with Crippen LogP contribution < -0.4 is 11.1 Å². The second-order valence-corrected chi connectivity index (χ2v) is 6.49. The minimum absolute atomic E-state index is 0.342. The molecule has 2 aromatic heterocycles. The standard InChI is InChI=1S/C17H21N5O2/c1-21-15-8-12(5-6-16(15)24-17(21)23)10-22-11-14(19-20-22)9-13-4-2-3-7-18-13/h5-6,8,11,13,18H,2-4,7,9-10H2,1H3. The fourth-order valence-electron chi connectivity index (χ4n) is 3.32. The summed E-state index contributed by atoms with van der Waals surface area (Å²) < 4.78 is 8.52. The highest BCUT2D eigenvalue weighted by Crippen LogP contribution is 2.15. The van der Waals surface area contributed by atoms with Gasteiger partial charge in [0.1, 0.15) is 0 Å². The SMILES string of the molecule is Cn1c(=O)oc2ccc(Cn3cc(CC4CCCCN4)nn3)cc21. The average molecular weight is 327 g/mol. The van der Waals surface area contributed by atoms with Crippen molar-refractivity contribution in [3.8, 4) is 0 Å². The van der Waals surface area contributed by atoms with Crippen molar-refractivity contribution >= 4 is 11.1 Å². The zero-order valence-electron chi connectivity index (χ0n) is 13.7. The Morgan fingerprint density at radius 2 is 2.29 bits per heavy atom. The molecule has 126 valence electrons. The lowest BCUT2D eigenvalue weighted by molar-refractivity contribution is 0.397. The molecule has 0 spiro atoms. The summed E-state index contributed by atoms with van der Waals surface area (Å²) in [7, 11) is 1.71. The molecule has 0 amide bonds. The van der Waals surface area contributed by atoms with Crippen LogP contribution in [0.4, 0.5) is 0 Å². The highest BCUT2D eigenvalue weighted by Gasteiger charge is 2.15. The van der Waals surface area contributed by atoms with Crippen LogP contribution in [0.5, 0.6) is 0 Å². The van der Waals surface area contributed by atoms with Gasteiger partial charge >= 0.3 is 5.76 Å². The Morgan fingerprint density at radius 1 is 1.38 bits per heavy atom. The number of aromatic nitrogens is 4. The number of oxazole rings is 1. The van der Waals surface area contributed by atoms with Crippen LogP contribution in [-0.4, -0.2) is 32.1 Å². The molecule has 0 radical (unpaired) electrons. The van der Waals surface area contributed by atoms with Crippen molar-refractivity contribution in [1.29, 1.82) is 0 Å². The van der Waals surface area contributed by atoms with Crippen molar-refractivity contribution in [2.24, 2.45) is 7.05 Å². The monoisotopic (exact) mass is 327 g/mol. The number of piperidine rings is 1. The summed E-state index contributed by atoms with van der Waals surface area (Å²) in [6.45, 7) is 1.72. The lowest BCUT2D eigenvalue weighted by atomic mass is 10.0. The number of benzene rings is 1. The van der Waals surface area contributed by atoms with Gasteiger partial charge in [-0.05, 0) is 37.1 Å². The molecule has 0 saturated carbocycles. The fourth-order valence-corrected chi connectivity index (χ4v) is 3.32. The van der Waals surface area contributed by atoms with Crippen LogP contribution in [0, 0.1) is 0 Å². The van der Waals surface area contributed by atoms with Gasteiger partial charge in [-0.2, -0.15) is 0 Å². The summed E-state index contributed by atoms with van der Waals surface area (Å²) in [6, 6.07) is 6.26. The van der Waals surface area contributed by atoms with Crippen LogP contribution in [0.25, 0.3) is 11.1 Å². The first-order valence-corrected chi connectivity index (χ1v) is 8.40. The minimum atomic E-state index is -0.342. The molecule has 3 aromatic rings. The molecule has 1 aromatic carbocycles. The zero-order chi connectivity index (χ0) is 16.5. The summed E-state index contributed by atoms with van der Waals surface area (Å²) >= 11 is 0. The van der Waals surface area contributed by atoms with E-state index in [-0.39, 0.29) is 5.76 Å². The molecule has 24 heavy (non-hydrogen) atoms. The maximum atomic E-state index is 11.6. The Hall–Kier alpha value is -2.41. The summed E-state index contributed by atoms with van der Waals surface area (Å²) in [5.41, 5.74) is 3.48. The zero-order valence-corrected chi connectivity index (χ0v) is 13.7. The van der Waals surface area contributed by atoms with E-state index in [4.69, 9.17) is 4.42 Å². The number of aryl methyl sites for hydroxylation is 1. The highest BCUT2D eigenvalue weighted by atomic mass is 16.4. The molecule has 1 fully saturated rings. The molecule has 1 aliphatic rings. The van der Waals surface area contributed by atoms with E-state index in [1.807, 2.05) is 29.1 Å². The van der Waals surface area contributed by atoms with Gasteiger partial charge < -0.3 is 9.73 Å². The third kappa shape index (κ3) is 2.99. The molecular weight excluding hydrogens is 306 g/mol. The van der Waals surface area contributed by atoms with Gasteiger partial charge in [-0.3, -0.25) is 4.57 Å². The third-order valence-electron chi connectivity index (χ3n) is 4.65. The average Bonchev–Trinajstić information content (AvgIpc) is 3.14. The van der Waals surface area contributed by atoms with Crippen LogP contribution in [0.15, 0.2) is 33.6 Å². The molecule has 1 unspecified atom stereocenters. The van der Waals surface area contributed by atoms with Crippen LogP contribution in [0.2, 0.25) is 0 Å². The van der Waals surface area contributed by atoms with Crippen LogP contribution in [0.3, 0.4) is 0 Å². The minimum Gasteiger partial charge on any atom is -0.408 e. The van der Waals surface area contributed by atoms with E-state index in [1.165, 1.54) is 23.8 Å². The summed E-state index contributed by atoms with van der Waals surface area (Å²) in [5.74, 6) is -0.342. The van der Waals surface area contributed by atoms with E-state index in [1.54, 1.807) is 7.05 Å². The molecule has 3 heterocycles. The molecule has 7 nitrogen and oxygen atoms in total. The Bertz CT molecular complexity index is 901. The maximum Gasteiger partial charge on any atom is 0.419 e. The Kier molecular flexibility index (Phi) is 3.93. The number of rotatable bonds is 4. The third-order valence-corrected chi connectivity index (χ3v) is 4.65. The van der Waals surface area contributed by atoms with Crippen molar-refractivity contribution < 1.29 is 4.42 Å². The van der Waals surface area contributed by atoms with E-state index in [2.05, 4.69) is 15.6 Å². The van der Waals surface area contributed by atoms with E-state index in [0.29, 0.717) is 18.2 Å². The molecule has 7 heteroatoms. The van der Waals surface area contributed by atoms with E-state index < -0.39 is 0 Å². The molecule has 1 saturated heterocycles. The van der Waals surface area contributed by atoms with Crippen molar-refractivity contribution in [2.75, 3.05) is 6.54 Å². The summed E-state index contributed by atoms with van der Waals surface area (Å²) in [4.78, 5) is 11.6. The predicted molar refractivity (Wildman–Crippen MR) is 89.9 cm³/mol. The quantitative estimate of drug-likeness (QED) is 0.785. The van der Waals surface area contributed by atoms with E-state index in [9.17, 15) is 4.79 Å². The van der Waals surface area contributed by atoms with Crippen LogP contribution in [0.1, 0.15) is 30.5 Å². The first kappa shape index (κ1) is 15.1. The Balaban J connectivity index is 1.49. The van der Waals surface area contributed by atoms with E-state index >= 15 is 0 Å². The van der Waals surface area contributed by atoms with Gasteiger partial charge in [0.2, 0.25) is 0 Å². The number of fused-ring (bicyclic) bond motifs is 1. The topological polar surface area (TPSA) is 77.9 Å². The van der Waals surface area contributed by atoms with Gasteiger partial charge in [-0.15, -0.1) is 5.10 Å². The van der Waals surface area contributed by atoms with Crippen LogP contribution >= 0.6 is 0 Å². The van der Waals surface area contributed by atoms with Crippen LogP contribution in [-0.2, 0) is 20.0 Å². The number of hydrogen-bond donors (Lipinski definition) is 1. The normalized spacial score (nSPS) is 18.3. The molecule has 1 atom stereocenters.